The van der Waals surface area contributed by atoms with Crippen molar-refractivity contribution in [3.63, 3.8) is 0 Å². The number of ether oxygens (including phenoxy) is 1. The molecule has 3 heterocycles. The Morgan fingerprint density at radius 3 is 2.55 bits per heavy atom. The van der Waals surface area contributed by atoms with Crippen LogP contribution in [0.4, 0.5) is 23.0 Å². The molecule has 1 amide bonds. The molecule has 42 heavy (non-hydrogen) atoms. The maximum absolute atomic E-state index is 13.2. The van der Waals surface area contributed by atoms with E-state index in [-0.39, 0.29) is 11.1 Å². The third-order valence-corrected chi connectivity index (χ3v) is 7.13. The van der Waals surface area contributed by atoms with E-state index in [9.17, 15) is 4.79 Å². The SMILES string of the molecule is COc1cc(N(C)CCN(C)C)c(NC(=O)c2ccnc(Cl)c2)cc1Nc1nccc(-c2cn(C)c3ccccc23)n1. The summed E-state index contributed by atoms with van der Waals surface area (Å²) in [5, 5.41) is 7.69. The van der Waals surface area contributed by atoms with Crippen LogP contribution in [0.5, 0.6) is 5.75 Å². The fourth-order valence-electron chi connectivity index (χ4n) is 4.70. The molecule has 0 fully saturated rings. The Balaban J connectivity index is 1.51. The Hall–Kier alpha value is -4.67. The summed E-state index contributed by atoms with van der Waals surface area (Å²) in [6.07, 6.45) is 5.29. The molecule has 2 aromatic carbocycles. The number of nitrogens with one attached hydrogen (secondary N) is 2. The number of hydrogen-bond acceptors (Lipinski definition) is 8. The highest BCUT2D eigenvalue weighted by molar-refractivity contribution is 6.29. The first-order valence-corrected chi connectivity index (χ1v) is 13.8. The highest BCUT2D eigenvalue weighted by atomic mass is 35.5. The number of halogens is 1. The molecule has 3 aromatic heterocycles. The second kappa shape index (κ2) is 12.5. The van der Waals surface area contributed by atoms with Crippen LogP contribution in [0.25, 0.3) is 22.2 Å². The van der Waals surface area contributed by atoms with E-state index in [4.69, 9.17) is 21.3 Å². The highest BCUT2D eigenvalue weighted by Crippen LogP contribution is 2.38. The monoisotopic (exact) mass is 584 g/mol. The molecule has 0 saturated carbocycles. The standard InChI is InChI=1S/C31H33ClN8O2/c1-38(2)14-15-39(3)27-18-28(42-5)25(17-24(27)35-30(41)20-10-12-33-29(32)16-20)37-31-34-13-11-23(36-31)22-19-40(4)26-9-7-6-8-21(22)26/h6-13,16-19H,14-15H2,1-5H3,(H,35,41)(H,34,36,37). The van der Waals surface area contributed by atoms with Crippen LogP contribution in [-0.4, -0.2) is 71.7 Å². The number of para-hydroxylation sites is 1. The Labute approximate surface area is 249 Å². The fraction of sp³-hybridized carbons (Fsp3) is 0.226. The molecule has 0 atom stereocenters. The summed E-state index contributed by atoms with van der Waals surface area (Å²) in [6, 6.07) is 17.0. The molecule has 5 rings (SSSR count). The van der Waals surface area contributed by atoms with E-state index in [1.165, 1.54) is 12.3 Å². The zero-order chi connectivity index (χ0) is 29.8. The maximum Gasteiger partial charge on any atom is 0.255 e. The van der Waals surface area contributed by atoms with Crippen molar-refractivity contribution in [3.05, 3.63) is 83.9 Å². The summed E-state index contributed by atoms with van der Waals surface area (Å²) in [6.45, 7) is 1.55. The van der Waals surface area contributed by atoms with Crippen LogP contribution < -0.4 is 20.3 Å². The number of amides is 1. The van der Waals surface area contributed by atoms with Gasteiger partial charge in [-0.05, 0) is 44.4 Å². The molecular formula is C31H33ClN8O2. The summed E-state index contributed by atoms with van der Waals surface area (Å²) in [5.74, 6) is 0.656. The fourth-order valence-corrected chi connectivity index (χ4v) is 4.87. The van der Waals surface area contributed by atoms with E-state index in [0.717, 1.165) is 40.9 Å². The summed E-state index contributed by atoms with van der Waals surface area (Å²) in [4.78, 5) is 30.7. The largest absolute Gasteiger partial charge is 0.494 e. The lowest BCUT2D eigenvalue weighted by molar-refractivity contribution is 0.102. The Morgan fingerprint density at radius 2 is 1.79 bits per heavy atom. The van der Waals surface area contributed by atoms with Crippen molar-refractivity contribution in [3.8, 4) is 17.0 Å². The topological polar surface area (TPSA) is 100 Å². The number of aromatic nitrogens is 4. The number of hydrogen-bond donors (Lipinski definition) is 2. The van der Waals surface area contributed by atoms with E-state index in [1.807, 2.05) is 58.5 Å². The van der Waals surface area contributed by atoms with Gasteiger partial charge in [0.2, 0.25) is 5.95 Å². The molecule has 216 valence electrons. The number of fused-ring (bicyclic) bond motifs is 1. The van der Waals surface area contributed by atoms with Gasteiger partial charge in [0, 0.05) is 73.9 Å². The normalized spacial score (nSPS) is 11.1. The molecule has 2 N–H and O–H groups in total. The van der Waals surface area contributed by atoms with Crippen LogP contribution in [0, 0.1) is 0 Å². The van der Waals surface area contributed by atoms with E-state index in [2.05, 4.69) is 53.3 Å². The Kier molecular flexibility index (Phi) is 8.56. The molecule has 5 aromatic rings. The lowest BCUT2D eigenvalue weighted by Gasteiger charge is -2.26. The number of likely N-dealkylation sites (N-methyl/N-ethyl adjacent to an activating group) is 2. The van der Waals surface area contributed by atoms with Crippen molar-refractivity contribution in [1.29, 1.82) is 0 Å². The predicted molar refractivity (Wildman–Crippen MR) is 169 cm³/mol. The van der Waals surface area contributed by atoms with Crippen molar-refractivity contribution in [1.82, 2.24) is 24.4 Å². The second-order valence-corrected chi connectivity index (χ2v) is 10.6. The van der Waals surface area contributed by atoms with Crippen LogP contribution in [0.1, 0.15) is 10.4 Å². The zero-order valence-electron chi connectivity index (χ0n) is 24.2. The van der Waals surface area contributed by atoms with E-state index in [1.54, 1.807) is 19.4 Å². The van der Waals surface area contributed by atoms with E-state index >= 15 is 0 Å². The lowest BCUT2D eigenvalue weighted by atomic mass is 10.1. The molecule has 0 aliphatic carbocycles. The summed E-state index contributed by atoms with van der Waals surface area (Å²) >= 11 is 6.04. The quantitative estimate of drug-likeness (QED) is 0.202. The van der Waals surface area contributed by atoms with Gasteiger partial charge in [0.25, 0.3) is 5.91 Å². The Bertz CT molecular complexity index is 1740. The van der Waals surface area contributed by atoms with Gasteiger partial charge >= 0.3 is 0 Å². The second-order valence-electron chi connectivity index (χ2n) is 10.2. The highest BCUT2D eigenvalue weighted by Gasteiger charge is 2.19. The van der Waals surface area contributed by atoms with Crippen LogP contribution in [0.3, 0.4) is 0 Å². The van der Waals surface area contributed by atoms with E-state index < -0.39 is 0 Å². The van der Waals surface area contributed by atoms with Gasteiger partial charge in [-0.2, -0.15) is 0 Å². The van der Waals surface area contributed by atoms with Gasteiger partial charge < -0.3 is 29.7 Å². The predicted octanol–water partition coefficient (Wildman–Crippen LogP) is 5.69. The smallest absolute Gasteiger partial charge is 0.255 e. The number of carbonyl (C=O) groups is 1. The molecule has 10 nitrogen and oxygen atoms in total. The minimum Gasteiger partial charge on any atom is -0.494 e. The van der Waals surface area contributed by atoms with Gasteiger partial charge in [-0.3, -0.25) is 4.79 Å². The minimum absolute atomic E-state index is 0.242. The van der Waals surface area contributed by atoms with Gasteiger partial charge in [0.1, 0.15) is 10.9 Å². The Morgan fingerprint density at radius 1 is 1.00 bits per heavy atom. The molecular weight excluding hydrogens is 552 g/mol. The van der Waals surface area contributed by atoms with Crippen molar-refractivity contribution in [2.24, 2.45) is 7.05 Å². The molecule has 0 aliphatic rings. The number of pyridine rings is 1. The van der Waals surface area contributed by atoms with Gasteiger partial charge in [-0.25, -0.2) is 15.0 Å². The molecule has 11 heteroatoms. The third kappa shape index (κ3) is 6.29. The average molecular weight is 585 g/mol. The molecule has 0 saturated heterocycles. The van der Waals surface area contributed by atoms with E-state index in [0.29, 0.717) is 28.6 Å². The van der Waals surface area contributed by atoms with Crippen molar-refractivity contribution in [2.75, 3.05) is 56.9 Å². The number of benzene rings is 2. The molecule has 0 bridgehead atoms. The van der Waals surface area contributed by atoms with Crippen molar-refractivity contribution < 1.29 is 9.53 Å². The number of aryl methyl sites for hydroxylation is 1. The number of rotatable bonds is 10. The first-order valence-electron chi connectivity index (χ1n) is 13.4. The number of carbonyl (C=O) groups excluding carboxylic acids is 1. The molecule has 0 spiro atoms. The lowest BCUT2D eigenvalue weighted by Crippen LogP contribution is -2.29. The van der Waals surface area contributed by atoms with Crippen LogP contribution in [-0.2, 0) is 7.05 Å². The summed E-state index contributed by atoms with van der Waals surface area (Å²) in [7, 11) is 9.63. The van der Waals surface area contributed by atoms with Crippen molar-refractivity contribution >= 4 is 51.4 Å². The molecule has 0 radical (unpaired) electrons. The average Bonchev–Trinajstić information content (AvgIpc) is 3.32. The molecule has 0 unspecified atom stereocenters. The summed E-state index contributed by atoms with van der Waals surface area (Å²) < 4.78 is 7.86. The third-order valence-electron chi connectivity index (χ3n) is 6.92. The minimum atomic E-state index is -0.313. The van der Waals surface area contributed by atoms with Crippen LogP contribution in [0.2, 0.25) is 5.15 Å². The maximum atomic E-state index is 13.2. The molecule has 0 aliphatic heterocycles. The summed E-state index contributed by atoms with van der Waals surface area (Å²) in [5.41, 5.74) is 5.28. The first kappa shape index (κ1) is 28.8. The number of methoxy groups -OCH3 is 1. The van der Waals surface area contributed by atoms with Gasteiger partial charge in [-0.1, -0.05) is 29.8 Å². The number of nitrogens with zero attached hydrogens (tertiary/aromatic N) is 6. The first-order chi connectivity index (χ1) is 20.2. The van der Waals surface area contributed by atoms with Gasteiger partial charge in [0.05, 0.1) is 29.9 Å². The number of anilines is 4. The van der Waals surface area contributed by atoms with Crippen LogP contribution >= 0.6 is 11.6 Å². The van der Waals surface area contributed by atoms with Gasteiger partial charge in [-0.15, -0.1) is 0 Å². The van der Waals surface area contributed by atoms with Crippen molar-refractivity contribution in [2.45, 2.75) is 0 Å². The van der Waals surface area contributed by atoms with Gasteiger partial charge in [0.15, 0.2) is 0 Å². The zero-order valence-corrected chi connectivity index (χ0v) is 25.0. The van der Waals surface area contributed by atoms with Crippen LogP contribution in [0.15, 0.2) is 73.2 Å².